The fourth-order valence-corrected chi connectivity index (χ4v) is 7.05. The number of aryl methyl sites for hydroxylation is 3. The Bertz CT molecular complexity index is 1620. The molecule has 0 amide bonds. The monoisotopic (exact) mass is 448 g/mol. The summed E-state index contributed by atoms with van der Waals surface area (Å²) < 4.78 is 2.34. The zero-order valence-corrected chi connectivity index (χ0v) is 21.2. The highest BCUT2D eigenvalue weighted by atomic mass is 32.2. The molecule has 5 aromatic rings. The number of pyridine rings is 1. The van der Waals surface area contributed by atoms with Crippen LogP contribution in [0.1, 0.15) is 37.5 Å². The molecule has 0 saturated carbocycles. The molecule has 0 N–H and O–H groups in total. The maximum absolute atomic E-state index is 2.37. The molecule has 1 nitrogen and oxygen atoms in total. The first-order chi connectivity index (χ1) is 15.7. The Balaban J connectivity index is 1.84. The van der Waals surface area contributed by atoms with Crippen molar-refractivity contribution in [2.45, 2.75) is 50.8 Å². The summed E-state index contributed by atoms with van der Waals surface area (Å²) >= 11 is 2.00. The zero-order chi connectivity index (χ0) is 23.1. The molecule has 1 aliphatic heterocycles. The average molecular weight is 449 g/mol. The van der Waals surface area contributed by atoms with Crippen LogP contribution < -0.4 is 4.57 Å². The summed E-state index contributed by atoms with van der Waals surface area (Å²) in [5.41, 5.74) is 7.19. The van der Waals surface area contributed by atoms with E-state index in [2.05, 4.69) is 107 Å². The minimum atomic E-state index is 0.205. The van der Waals surface area contributed by atoms with Gasteiger partial charge in [0, 0.05) is 15.9 Å². The third-order valence-corrected chi connectivity index (χ3v) is 8.31. The minimum Gasteiger partial charge on any atom is -0.200 e. The van der Waals surface area contributed by atoms with Crippen LogP contribution in [0.15, 0.2) is 70.6 Å². The van der Waals surface area contributed by atoms with Crippen LogP contribution in [0.2, 0.25) is 0 Å². The summed E-state index contributed by atoms with van der Waals surface area (Å²) in [5, 5.41) is 8.22. The van der Waals surface area contributed by atoms with Crippen LogP contribution in [0.3, 0.4) is 0 Å². The van der Waals surface area contributed by atoms with Crippen molar-refractivity contribution in [2.75, 3.05) is 0 Å². The molecule has 0 atom stereocenters. The molecule has 2 heteroatoms. The number of benzene rings is 4. The fraction of sp³-hybridized carbons (Fsp3) is 0.258. The molecule has 2 heterocycles. The Hall–Kier alpha value is -2.84. The molecule has 164 valence electrons. The van der Waals surface area contributed by atoms with Crippen molar-refractivity contribution >= 4 is 44.1 Å². The van der Waals surface area contributed by atoms with Crippen LogP contribution in [0.5, 0.6) is 0 Å². The second kappa shape index (κ2) is 7.08. The van der Waals surface area contributed by atoms with Gasteiger partial charge in [-0.2, -0.15) is 0 Å². The molecule has 6 rings (SSSR count). The molecule has 0 aliphatic carbocycles. The quantitative estimate of drug-likeness (QED) is 0.181. The predicted molar refractivity (Wildman–Crippen MR) is 142 cm³/mol. The van der Waals surface area contributed by atoms with Gasteiger partial charge in [-0.25, -0.2) is 4.57 Å². The molecule has 0 saturated heterocycles. The van der Waals surface area contributed by atoms with Gasteiger partial charge in [0.05, 0.1) is 10.9 Å². The van der Waals surface area contributed by atoms with Crippen molar-refractivity contribution in [3.63, 3.8) is 0 Å². The van der Waals surface area contributed by atoms with Crippen molar-refractivity contribution in [3.05, 3.63) is 77.5 Å². The van der Waals surface area contributed by atoms with Gasteiger partial charge in [0.15, 0.2) is 6.20 Å². The van der Waals surface area contributed by atoms with E-state index >= 15 is 0 Å². The van der Waals surface area contributed by atoms with Crippen molar-refractivity contribution < 1.29 is 4.57 Å². The highest BCUT2D eigenvalue weighted by molar-refractivity contribution is 8.00. The van der Waals surface area contributed by atoms with Crippen LogP contribution in [0, 0.1) is 19.3 Å². The van der Waals surface area contributed by atoms with Crippen LogP contribution in [0.4, 0.5) is 0 Å². The van der Waals surface area contributed by atoms with Crippen molar-refractivity contribution in [2.24, 2.45) is 12.5 Å². The Kier molecular flexibility index (Phi) is 4.45. The summed E-state index contributed by atoms with van der Waals surface area (Å²) in [5.74, 6) is 0. The smallest absolute Gasteiger partial charge is 0.200 e. The Labute approximate surface area is 200 Å². The average Bonchev–Trinajstić information content (AvgIpc) is 2.78. The number of hydrogen-bond donors (Lipinski definition) is 0. The first-order valence-electron chi connectivity index (χ1n) is 11.8. The van der Waals surface area contributed by atoms with Gasteiger partial charge in [0.25, 0.3) is 0 Å². The highest BCUT2D eigenvalue weighted by Crippen LogP contribution is 2.54. The van der Waals surface area contributed by atoms with E-state index in [1.54, 1.807) is 0 Å². The van der Waals surface area contributed by atoms with Gasteiger partial charge in [-0.3, -0.25) is 0 Å². The van der Waals surface area contributed by atoms with Gasteiger partial charge in [0.1, 0.15) is 7.05 Å². The van der Waals surface area contributed by atoms with Crippen LogP contribution >= 0.6 is 11.8 Å². The first-order valence-corrected chi connectivity index (χ1v) is 12.6. The van der Waals surface area contributed by atoms with E-state index in [0.717, 1.165) is 6.42 Å². The van der Waals surface area contributed by atoms with E-state index < -0.39 is 0 Å². The van der Waals surface area contributed by atoms with E-state index in [-0.39, 0.29) is 5.41 Å². The normalized spacial score (nSPS) is 13.2. The molecule has 33 heavy (non-hydrogen) atoms. The molecule has 0 spiro atoms. The lowest BCUT2D eigenvalue weighted by Gasteiger charge is -2.28. The van der Waals surface area contributed by atoms with E-state index in [9.17, 15) is 0 Å². The van der Waals surface area contributed by atoms with Gasteiger partial charge in [-0.1, -0.05) is 80.6 Å². The lowest BCUT2D eigenvalue weighted by atomic mass is 9.83. The molecule has 0 fully saturated rings. The Morgan fingerprint density at radius 3 is 2.33 bits per heavy atom. The topological polar surface area (TPSA) is 3.88 Å². The maximum atomic E-state index is 2.37. The molecule has 1 aromatic heterocycles. The number of rotatable bonds is 1. The predicted octanol–water partition coefficient (Wildman–Crippen LogP) is 8.31. The Morgan fingerprint density at radius 1 is 0.818 bits per heavy atom. The van der Waals surface area contributed by atoms with Crippen LogP contribution in [-0.2, 0) is 13.5 Å². The van der Waals surface area contributed by atoms with Crippen LogP contribution in [-0.4, -0.2) is 0 Å². The lowest BCUT2D eigenvalue weighted by molar-refractivity contribution is -0.659. The lowest BCUT2D eigenvalue weighted by Crippen LogP contribution is -2.32. The number of fused-ring (bicyclic) bond motifs is 5. The van der Waals surface area contributed by atoms with E-state index in [1.165, 1.54) is 70.1 Å². The van der Waals surface area contributed by atoms with Gasteiger partial charge in [-0.05, 0) is 69.8 Å². The van der Waals surface area contributed by atoms with Crippen LogP contribution in [0.25, 0.3) is 43.6 Å². The van der Waals surface area contributed by atoms with E-state index in [0.29, 0.717) is 0 Å². The third kappa shape index (κ3) is 3.11. The van der Waals surface area contributed by atoms with Gasteiger partial charge < -0.3 is 0 Å². The molecular formula is C31H30NS+. The Morgan fingerprint density at radius 2 is 1.58 bits per heavy atom. The number of aromatic nitrogens is 1. The van der Waals surface area contributed by atoms with Crippen molar-refractivity contribution in [3.8, 4) is 11.3 Å². The summed E-state index contributed by atoms with van der Waals surface area (Å²) in [6, 6.07) is 20.5. The molecular weight excluding hydrogens is 418 g/mol. The fourth-order valence-electron chi connectivity index (χ4n) is 5.58. The third-order valence-electron chi connectivity index (χ3n) is 7.03. The van der Waals surface area contributed by atoms with E-state index in [1.807, 2.05) is 11.8 Å². The van der Waals surface area contributed by atoms with Crippen molar-refractivity contribution in [1.29, 1.82) is 0 Å². The van der Waals surface area contributed by atoms with E-state index in [4.69, 9.17) is 0 Å². The summed E-state index contributed by atoms with van der Waals surface area (Å²) in [7, 11) is 2.21. The molecule has 0 radical (unpaired) electrons. The minimum absolute atomic E-state index is 0.205. The van der Waals surface area contributed by atoms with Crippen molar-refractivity contribution in [1.82, 2.24) is 0 Å². The van der Waals surface area contributed by atoms with Gasteiger partial charge >= 0.3 is 0 Å². The molecule has 0 unspecified atom stereocenters. The maximum Gasteiger partial charge on any atom is 0.222 e. The summed E-state index contributed by atoms with van der Waals surface area (Å²) in [6.07, 6.45) is 3.29. The van der Waals surface area contributed by atoms with Gasteiger partial charge in [0.2, 0.25) is 5.69 Å². The summed E-state index contributed by atoms with van der Waals surface area (Å²) in [4.78, 5) is 2.86. The molecule has 4 aromatic carbocycles. The van der Waals surface area contributed by atoms with Gasteiger partial charge in [-0.15, -0.1) is 0 Å². The SMILES string of the molecule is Cc1ccc2cc3cc[n+](C)c4c3c(c2c1)Sc1c-4c(C)c2ccccc2c1CC(C)(C)C. The number of hydrogen-bond acceptors (Lipinski definition) is 1. The highest BCUT2D eigenvalue weighted by Gasteiger charge is 2.33. The second-order valence-corrected chi connectivity index (χ2v) is 11.9. The number of nitrogens with zero attached hydrogens (tertiary/aromatic N) is 1. The molecule has 0 bridgehead atoms. The second-order valence-electron chi connectivity index (χ2n) is 10.9. The zero-order valence-electron chi connectivity index (χ0n) is 20.3. The summed E-state index contributed by atoms with van der Waals surface area (Å²) in [6.45, 7) is 11.6. The molecule has 1 aliphatic rings. The standard InChI is InChI=1S/C31H30NS/c1-18-11-12-20-16-21-13-14-32(6)28-26-19(2)22-9-7-8-10-23(22)25(17-31(3,4)5)30(26)33-29(27(21)28)24(20)15-18/h7-16H,17H2,1-6H3/q+1. The largest absolute Gasteiger partial charge is 0.222 e. The first kappa shape index (κ1) is 20.7.